The molecule has 0 saturated carbocycles. The summed E-state index contributed by atoms with van der Waals surface area (Å²) < 4.78 is 10.5. The number of rotatable bonds is 4. The van der Waals surface area contributed by atoms with Crippen LogP contribution in [0.5, 0.6) is 5.75 Å². The minimum atomic E-state index is -0.682. The minimum absolute atomic E-state index is 0.0852. The van der Waals surface area contributed by atoms with Gasteiger partial charge < -0.3 is 19.7 Å². The highest BCUT2D eigenvalue weighted by Crippen LogP contribution is 2.20. The number of likely N-dealkylation sites (tertiary alicyclic amines) is 1. The van der Waals surface area contributed by atoms with E-state index >= 15 is 0 Å². The molecule has 2 rings (SSSR count). The molecule has 148 valence electrons. The zero-order chi connectivity index (χ0) is 20.0. The quantitative estimate of drug-likeness (QED) is 0.633. The van der Waals surface area contributed by atoms with E-state index in [-0.39, 0.29) is 24.0 Å². The molecule has 27 heavy (non-hydrogen) atoms. The molecular weight excluding hydrogens is 354 g/mol. The lowest BCUT2D eigenvalue weighted by atomic mass is 10.0. The maximum absolute atomic E-state index is 12.4. The lowest BCUT2D eigenvalue weighted by Crippen LogP contribution is -2.51. The molecule has 0 unspecified atom stereocenters. The monoisotopic (exact) mass is 379 g/mol. The Labute approximate surface area is 157 Å². The zero-order valence-corrected chi connectivity index (χ0v) is 15.8. The summed E-state index contributed by atoms with van der Waals surface area (Å²) in [6, 6.07) is 5.05. The van der Waals surface area contributed by atoms with Crippen LogP contribution in [0.1, 0.15) is 40.0 Å². The summed E-state index contributed by atoms with van der Waals surface area (Å²) in [4.78, 5) is 36.1. The molecule has 9 nitrogen and oxygen atoms in total. The number of benzene rings is 1. The highest BCUT2D eigenvalue weighted by atomic mass is 16.6. The highest BCUT2D eigenvalue weighted by molar-refractivity contribution is 5.71. The molecule has 0 radical (unpaired) electrons. The molecule has 1 aromatic carbocycles. The van der Waals surface area contributed by atoms with Gasteiger partial charge in [-0.1, -0.05) is 0 Å². The molecular formula is C18H25N3O6. The number of nitrogens with one attached hydrogen (secondary N) is 1. The van der Waals surface area contributed by atoms with Crippen LogP contribution in [0.2, 0.25) is 0 Å². The lowest BCUT2D eigenvalue weighted by Gasteiger charge is -2.36. The van der Waals surface area contributed by atoms with Gasteiger partial charge in [0.25, 0.3) is 5.69 Å². The Morgan fingerprint density at radius 1 is 1.26 bits per heavy atom. The van der Waals surface area contributed by atoms with Crippen LogP contribution in [0.3, 0.4) is 0 Å². The lowest BCUT2D eigenvalue weighted by molar-refractivity contribution is -0.384. The fourth-order valence-electron chi connectivity index (χ4n) is 2.75. The summed E-state index contributed by atoms with van der Waals surface area (Å²) in [5.41, 5.74) is -0.667. The van der Waals surface area contributed by atoms with E-state index in [0.29, 0.717) is 6.54 Å². The van der Waals surface area contributed by atoms with Gasteiger partial charge in [-0.15, -0.1) is 0 Å². The number of nitro groups is 1. The van der Waals surface area contributed by atoms with E-state index < -0.39 is 22.7 Å². The normalized spacial score (nSPS) is 17.1. The molecule has 9 heteroatoms. The average Bonchev–Trinajstić information content (AvgIpc) is 2.59. The number of carbonyl (C=O) groups is 2. The van der Waals surface area contributed by atoms with E-state index in [1.807, 2.05) is 20.8 Å². The molecule has 1 saturated heterocycles. The van der Waals surface area contributed by atoms with Gasteiger partial charge in [0.15, 0.2) is 0 Å². The Hall–Kier alpha value is -2.84. The number of carbonyl (C=O) groups excluding carboxylic acids is 2. The van der Waals surface area contributed by atoms with Crippen molar-refractivity contribution in [2.75, 3.05) is 13.1 Å². The van der Waals surface area contributed by atoms with Crippen LogP contribution in [0.4, 0.5) is 15.3 Å². The summed E-state index contributed by atoms with van der Waals surface area (Å²) in [7, 11) is 0. The van der Waals surface area contributed by atoms with Crippen LogP contribution < -0.4 is 10.1 Å². The van der Waals surface area contributed by atoms with Crippen molar-refractivity contribution in [2.24, 2.45) is 0 Å². The smallest absolute Gasteiger partial charge is 0.412 e. The topological polar surface area (TPSA) is 111 Å². The Bertz CT molecular complexity index is 683. The standard InChI is InChI=1S/C18H25N3O6/c1-18(2,3)27-17(23)20-11-5-4-6-14(20)12-19-16(22)26-15-9-7-13(8-10-15)21(24)25/h7-10,14H,4-6,11-12H2,1-3H3,(H,19,22)/t14-/m1/s1. The van der Waals surface area contributed by atoms with Crippen molar-refractivity contribution in [3.05, 3.63) is 34.4 Å². The predicted octanol–water partition coefficient (Wildman–Crippen LogP) is 3.47. The van der Waals surface area contributed by atoms with Gasteiger partial charge in [-0.2, -0.15) is 0 Å². The van der Waals surface area contributed by atoms with E-state index in [1.54, 1.807) is 4.90 Å². The second-order valence-electron chi connectivity index (χ2n) is 7.34. The number of hydrogen-bond acceptors (Lipinski definition) is 6. The van der Waals surface area contributed by atoms with Gasteiger partial charge >= 0.3 is 12.2 Å². The summed E-state index contributed by atoms with van der Waals surface area (Å²) in [5, 5.41) is 13.3. The van der Waals surface area contributed by atoms with Crippen LogP contribution >= 0.6 is 0 Å². The molecule has 1 fully saturated rings. The first-order chi connectivity index (χ1) is 12.7. The van der Waals surface area contributed by atoms with E-state index in [2.05, 4.69) is 5.32 Å². The van der Waals surface area contributed by atoms with Crippen LogP contribution in [-0.4, -0.2) is 46.7 Å². The Morgan fingerprint density at radius 2 is 1.93 bits per heavy atom. The first-order valence-corrected chi connectivity index (χ1v) is 8.85. The second-order valence-corrected chi connectivity index (χ2v) is 7.34. The molecule has 0 aliphatic carbocycles. The Kier molecular flexibility index (Phi) is 6.59. The molecule has 1 heterocycles. The van der Waals surface area contributed by atoms with Gasteiger partial charge in [0.1, 0.15) is 11.4 Å². The van der Waals surface area contributed by atoms with Crippen molar-refractivity contribution >= 4 is 17.9 Å². The SMILES string of the molecule is CC(C)(C)OC(=O)N1CCCC[C@@H]1CNC(=O)Oc1ccc([N+](=O)[O-])cc1. The van der Waals surface area contributed by atoms with Crippen molar-refractivity contribution in [3.63, 3.8) is 0 Å². The summed E-state index contributed by atoms with van der Waals surface area (Å²) in [5.74, 6) is 0.200. The van der Waals surface area contributed by atoms with Gasteiger partial charge in [-0.05, 0) is 52.2 Å². The van der Waals surface area contributed by atoms with Crippen molar-refractivity contribution in [1.82, 2.24) is 10.2 Å². The number of nitrogens with zero attached hydrogens (tertiary/aromatic N) is 2. The molecule has 0 spiro atoms. The number of hydrogen-bond donors (Lipinski definition) is 1. The summed E-state index contributed by atoms with van der Waals surface area (Å²) in [6.45, 7) is 6.25. The molecule has 1 aliphatic heterocycles. The van der Waals surface area contributed by atoms with Crippen LogP contribution in [-0.2, 0) is 4.74 Å². The van der Waals surface area contributed by atoms with E-state index in [4.69, 9.17) is 9.47 Å². The molecule has 2 amide bonds. The molecule has 1 aliphatic rings. The zero-order valence-electron chi connectivity index (χ0n) is 15.8. The fourth-order valence-corrected chi connectivity index (χ4v) is 2.75. The van der Waals surface area contributed by atoms with Gasteiger partial charge in [0.05, 0.1) is 11.0 Å². The second kappa shape index (κ2) is 8.70. The molecule has 1 atom stereocenters. The fraction of sp³-hybridized carbons (Fsp3) is 0.556. The molecule has 1 aromatic rings. The first kappa shape index (κ1) is 20.5. The third-order valence-electron chi connectivity index (χ3n) is 4.00. The van der Waals surface area contributed by atoms with E-state index in [0.717, 1.165) is 19.3 Å². The number of amides is 2. The summed E-state index contributed by atoms with van der Waals surface area (Å²) in [6.07, 6.45) is 1.54. The number of ether oxygens (including phenoxy) is 2. The minimum Gasteiger partial charge on any atom is -0.444 e. The maximum Gasteiger partial charge on any atom is 0.412 e. The molecule has 0 bridgehead atoms. The Balaban J connectivity index is 1.88. The van der Waals surface area contributed by atoms with Gasteiger partial charge in [0, 0.05) is 25.2 Å². The number of non-ortho nitro benzene ring substituents is 1. The van der Waals surface area contributed by atoms with Crippen molar-refractivity contribution in [1.29, 1.82) is 0 Å². The third-order valence-corrected chi connectivity index (χ3v) is 4.00. The number of piperidine rings is 1. The van der Waals surface area contributed by atoms with Gasteiger partial charge in [-0.25, -0.2) is 9.59 Å². The summed E-state index contributed by atoms with van der Waals surface area (Å²) >= 11 is 0. The van der Waals surface area contributed by atoms with Crippen molar-refractivity contribution in [2.45, 2.75) is 51.7 Å². The van der Waals surface area contributed by atoms with E-state index in [1.165, 1.54) is 24.3 Å². The molecule has 0 aromatic heterocycles. The molecule has 1 N–H and O–H groups in total. The average molecular weight is 379 g/mol. The van der Waals surface area contributed by atoms with Gasteiger partial charge in [0.2, 0.25) is 0 Å². The number of nitro benzene ring substituents is 1. The highest BCUT2D eigenvalue weighted by Gasteiger charge is 2.30. The van der Waals surface area contributed by atoms with Crippen LogP contribution in [0.15, 0.2) is 24.3 Å². The largest absolute Gasteiger partial charge is 0.444 e. The van der Waals surface area contributed by atoms with Gasteiger partial charge in [-0.3, -0.25) is 10.1 Å². The maximum atomic E-state index is 12.4. The first-order valence-electron chi connectivity index (χ1n) is 8.85. The van der Waals surface area contributed by atoms with Crippen molar-refractivity contribution < 1.29 is 24.0 Å². The Morgan fingerprint density at radius 3 is 2.52 bits per heavy atom. The van der Waals surface area contributed by atoms with Crippen LogP contribution in [0.25, 0.3) is 0 Å². The third kappa shape index (κ3) is 6.43. The van der Waals surface area contributed by atoms with E-state index in [9.17, 15) is 19.7 Å². The van der Waals surface area contributed by atoms with Crippen molar-refractivity contribution in [3.8, 4) is 5.75 Å². The van der Waals surface area contributed by atoms with Crippen LogP contribution in [0, 0.1) is 10.1 Å². The predicted molar refractivity (Wildman–Crippen MR) is 97.7 cm³/mol.